The van der Waals surface area contributed by atoms with E-state index < -0.39 is 5.91 Å². The first-order chi connectivity index (χ1) is 15.4. The fraction of sp³-hybridized carbons (Fsp3) is 0.125. The minimum absolute atomic E-state index is 0.0325. The normalized spacial score (nSPS) is 10.8. The predicted octanol–water partition coefficient (Wildman–Crippen LogP) is 5.69. The van der Waals surface area contributed by atoms with Crippen LogP contribution >= 0.6 is 11.6 Å². The molecule has 3 aromatic carbocycles. The van der Waals surface area contributed by atoms with Crippen LogP contribution in [0.2, 0.25) is 5.02 Å². The smallest absolute Gasteiger partial charge is 0.295 e. The number of amides is 1. The number of carbonyl (C=O) groups excluding carboxylic acids is 1. The maximum absolute atomic E-state index is 13.4. The minimum Gasteiger partial charge on any atom is -0.494 e. The lowest BCUT2D eigenvalue weighted by Gasteiger charge is -2.07. The van der Waals surface area contributed by atoms with Crippen molar-refractivity contribution < 1.29 is 13.9 Å². The van der Waals surface area contributed by atoms with Crippen molar-refractivity contribution in [2.45, 2.75) is 13.8 Å². The van der Waals surface area contributed by atoms with Gasteiger partial charge in [0.15, 0.2) is 5.82 Å². The molecule has 0 fully saturated rings. The third-order valence-electron chi connectivity index (χ3n) is 4.74. The Morgan fingerprint density at radius 3 is 2.47 bits per heavy atom. The molecule has 0 saturated heterocycles. The average molecular weight is 451 g/mol. The number of anilines is 1. The average Bonchev–Trinajstić information content (AvgIpc) is 3.23. The molecule has 1 N–H and O–H groups in total. The van der Waals surface area contributed by atoms with Gasteiger partial charge in [0.25, 0.3) is 5.91 Å². The molecule has 162 valence electrons. The van der Waals surface area contributed by atoms with E-state index in [9.17, 15) is 9.18 Å². The van der Waals surface area contributed by atoms with Crippen LogP contribution in [0.15, 0.2) is 66.7 Å². The van der Waals surface area contributed by atoms with E-state index in [1.165, 1.54) is 16.8 Å². The fourth-order valence-electron chi connectivity index (χ4n) is 3.08. The van der Waals surface area contributed by atoms with Crippen LogP contribution in [0.4, 0.5) is 10.1 Å². The maximum atomic E-state index is 13.4. The molecule has 1 heterocycles. The van der Waals surface area contributed by atoms with Crippen molar-refractivity contribution in [1.82, 2.24) is 14.8 Å². The second kappa shape index (κ2) is 9.20. The largest absolute Gasteiger partial charge is 0.494 e. The molecule has 0 radical (unpaired) electrons. The van der Waals surface area contributed by atoms with Gasteiger partial charge in [-0.3, -0.25) is 4.79 Å². The first-order valence-electron chi connectivity index (χ1n) is 9.98. The van der Waals surface area contributed by atoms with Gasteiger partial charge in [0, 0.05) is 16.3 Å². The monoisotopic (exact) mass is 450 g/mol. The number of benzene rings is 3. The van der Waals surface area contributed by atoms with Crippen molar-refractivity contribution in [3.8, 4) is 22.8 Å². The van der Waals surface area contributed by atoms with Gasteiger partial charge in [-0.05, 0) is 80.1 Å². The summed E-state index contributed by atoms with van der Waals surface area (Å²) < 4.78 is 20.4. The number of hydrogen-bond donors (Lipinski definition) is 1. The summed E-state index contributed by atoms with van der Waals surface area (Å²) >= 11 is 6.29. The zero-order valence-electron chi connectivity index (χ0n) is 17.5. The van der Waals surface area contributed by atoms with Gasteiger partial charge >= 0.3 is 0 Å². The molecule has 0 aliphatic rings. The summed E-state index contributed by atoms with van der Waals surface area (Å²) in [6.45, 7) is 4.35. The first kappa shape index (κ1) is 21.5. The summed E-state index contributed by atoms with van der Waals surface area (Å²) in [6.07, 6.45) is 0. The van der Waals surface area contributed by atoms with Gasteiger partial charge in [-0.25, -0.2) is 14.1 Å². The molecule has 4 aromatic rings. The predicted molar refractivity (Wildman–Crippen MR) is 122 cm³/mol. The Morgan fingerprint density at radius 1 is 1.09 bits per heavy atom. The standard InChI is InChI=1S/C24H20ClFN4O2/c1-3-32-20-12-9-18(10-13-20)27-24(31)22-28-23(16-5-7-17(26)8-6-16)30(29-22)19-11-4-15(2)21(25)14-19/h4-14H,3H2,1-2H3,(H,27,31). The van der Waals surface area contributed by atoms with E-state index in [0.717, 1.165) is 5.56 Å². The van der Waals surface area contributed by atoms with Crippen LogP contribution in [0.25, 0.3) is 17.1 Å². The molecule has 0 spiro atoms. The molecule has 0 aliphatic carbocycles. The van der Waals surface area contributed by atoms with Crippen molar-refractivity contribution in [2.24, 2.45) is 0 Å². The lowest BCUT2D eigenvalue weighted by molar-refractivity contribution is 0.101. The summed E-state index contributed by atoms with van der Waals surface area (Å²) in [5, 5.41) is 7.75. The summed E-state index contributed by atoms with van der Waals surface area (Å²) in [6, 6.07) is 18.3. The SMILES string of the molecule is CCOc1ccc(NC(=O)c2nc(-c3ccc(F)cc3)n(-c3ccc(C)c(Cl)c3)n2)cc1. The van der Waals surface area contributed by atoms with Crippen LogP contribution in [0.3, 0.4) is 0 Å². The second-order valence-corrected chi connectivity index (χ2v) is 7.43. The molecular weight excluding hydrogens is 431 g/mol. The van der Waals surface area contributed by atoms with Crippen LogP contribution in [0.5, 0.6) is 5.75 Å². The quantitative estimate of drug-likeness (QED) is 0.410. The number of hydrogen-bond acceptors (Lipinski definition) is 4. The van der Waals surface area contributed by atoms with Gasteiger partial charge < -0.3 is 10.1 Å². The number of aromatic nitrogens is 3. The Kier molecular flexibility index (Phi) is 6.18. The van der Waals surface area contributed by atoms with Crippen LogP contribution in [-0.2, 0) is 0 Å². The third-order valence-corrected chi connectivity index (χ3v) is 5.14. The molecule has 4 rings (SSSR count). The highest BCUT2D eigenvalue weighted by Gasteiger charge is 2.19. The number of carbonyl (C=O) groups is 1. The number of nitrogens with one attached hydrogen (secondary N) is 1. The zero-order valence-corrected chi connectivity index (χ0v) is 18.2. The summed E-state index contributed by atoms with van der Waals surface area (Å²) in [5.41, 5.74) is 2.73. The highest BCUT2D eigenvalue weighted by molar-refractivity contribution is 6.31. The second-order valence-electron chi connectivity index (χ2n) is 7.02. The van der Waals surface area contributed by atoms with E-state index in [4.69, 9.17) is 16.3 Å². The van der Waals surface area contributed by atoms with Gasteiger partial charge in [0.05, 0.1) is 12.3 Å². The molecular formula is C24H20ClFN4O2. The molecule has 0 bridgehead atoms. The van der Waals surface area contributed by atoms with E-state index in [1.807, 2.05) is 26.0 Å². The molecule has 32 heavy (non-hydrogen) atoms. The Balaban J connectivity index is 1.70. The Hall–Kier alpha value is -3.71. The number of halogens is 2. The van der Waals surface area contributed by atoms with Crippen molar-refractivity contribution >= 4 is 23.2 Å². The van der Waals surface area contributed by atoms with Crippen LogP contribution in [0, 0.1) is 12.7 Å². The molecule has 0 aliphatic heterocycles. The van der Waals surface area contributed by atoms with Crippen molar-refractivity contribution in [3.05, 3.63) is 89.0 Å². The Bertz CT molecular complexity index is 1250. The van der Waals surface area contributed by atoms with Gasteiger partial charge in [-0.2, -0.15) is 0 Å². The van der Waals surface area contributed by atoms with E-state index in [2.05, 4.69) is 15.4 Å². The lowest BCUT2D eigenvalue weighted by atomic mass is 10.2. The topological polar surface area (TPSA) is 69.0 Å². The third kappa shape index (κ3) is 4.63. The zero-order chi connectivity index (χ0) is 22.7. The number of ether oxygens (including phenoxy) is 1. The first-order valence-corrected chi connectivity index (χ1v) is 10.4. The fourth-order valence-corrected chi connectivity index (χ4v) is 3.25. The summed E-state index contributed by atoms with van der Waals surface area (Å²) in [7, 11) is 0. The number of rotatable bonds is 6. The molecule has 1 aromatic heterocycles. The van der Waals surface area contributed by atoms with Crippen LogP contribution in [-0.4, -0.2) is 27.3 Å². The van der Waals surface area contributed by atoms with E-state index in [-0.39, 0.29) is 11.6 Å². The number of nitrogens with zero attached hydrogens (tertiary/aromatic N) is 3. The molecule has 0 atom stereocenters. The van der Waals surface area contributed by atoms with Crippen molar-refractivity contribution in [2.75, 3.05) is 11.9 Å². The molecule has 0 saturated carbocycles. The number of aryl methyl sites for hydroxylation is 1. The molecule has 1 amide bonds. The summed E-state index contributed by atoms with van der Waals surface area (Å²) in [5.74, 6) is 0.223. The molecule has 0 unspecified atom stereocenters. The van der Waals surface area contributed by atoms with E-state index in [0.29, 0.717) is 40.1 Å². The van der Waals surface area contributed by atoms with Crippen LogP contribution in [0.1, 0.15) is 23.1 Å². The lowest BCUT2D eigenvalue weighted by Crippen LogP contribution is -2.14. The van der Waals surface area contributed by atoms with E-state index >= 15 is 0 Å². The van der Waals surface area contributed by atoms with Crippen molar-refractivity contribution in [1.29, 1.82) is 0 Å². The molecule has 6 nitrogen and oxygen atoms in total. The molecule has 8 heteroatoms. The Morgan fingerprint density at radius 2 is 1.81 bits per heavy atom. The van der Waals surface area contributed by atoms with E-state index in [1.54, 1.807) is 42.5 Å². The minimum atomic E-state index is -0.477. The van der Waals surface area contributed by atoms with Gasteiger partial charge in [-0.15, -0.1) is 5.10 Å². The maximum Gasteiger partial charge on any atom is 0.295 e. The van der Waals surface area contributed by atoms with Gasteiger partial charge in [0.2, 0.25) is 5.82 Å². The summed E-state index contributed by atoms with van der Waals surface area (Å²) in [4.78, 5) is 17.3. The Labute approximate surface area is 189 Å². The highest BCUT2D eigenvalue weighted by atomic mass is 35.5. The van der Waals surface area contributed by atoms with Gasteiger partial charge in [0.1, 0.15) is 11.6 Å². The highest BCUT2D eigenvalue weighted by Crippen LogP contribution is 2.25. The van der Waals surface area contributed by atoms with Crippen molar-refractivity contribution in [3.63, 3.8) is 0 Å². The van der Waals surface area contributed by atoms with Crippen LogP contribution < -0.4 is 10.1 Å². The van der Waals surface area contributed by atoms with Gasteiger partial charge in [-0.1, -0.05) is 17.7 Å².